The van der Waals surface area contributed by atoms with Crippen molar-refractivity contribution in [2.75, 3.05) is 19.8 Å². The standard InChI is InChI=1S/C17H20N2O6/c1-15-7-8-16(2)19(15)17(10-24-15,11-25-16)9-23-14(20)12-3-5-13(6-4-12)18(21)22/h3-6H,7-11H2,1-2H3/t15-,16-/m1/s1. The molecule has 1 aromatic carbocycles. The van der Waals surface area contributed by atoms with E-state index in [4.69, 9.17) is 14.2 Å². The fourth-order valence-electron chi connectivity index (χ4n) is 4.37. The van der Waals surface area contributed by atoms with Crippen molar-refractivity contribution in [2.45, 2.75) is 43.7 Å². The van der Waals surface area contributed by atoms with Crippen molar-refractivity contribution in [3.05, 3.63) is 39.9 Å². The number of rotatable bonds is 4. The Morgan fingerprint density at radius 2 is 1.76 bits per heavy atom. The second-order valence-corrected chi connectivity index (χ2v) is 7.37. The first-order chi connectivity index (χ1) is 11.8. The molecular formula is C17H20N2O6. The SMILES string of the molecule is C[C@]12CC[C@@]3(C)OCC(COC(=O)c4ccc([N+](=O)[O-])cc4)(CO1)N23. The van der Waals surface area contributed by atoms with Crippen molar-refractivity contribution in [3.8, 4) is 0 Å². The van der Waals surface area contributed by atoms with E-state index in [-0.39, 0.29) is 29.3 Å². The van der Waals surface area contributed by atoms with Crippen molar-refractivity contribution in [1.82, 2.24) is 4.90 Å². The van der Waals surface area contributed by atoms with E-state index in [2.05, 4.69) is 4.90 Å². The summed E-state index contributed by atoms with van der Waals surface area (Å²) in [7, 11) is 0. The number of carbonyl (C=O) groups is 1. The molecule has 3 heterocycles. The molecule has 0 radical (unpaired) electrons. The van der Waals surface area contributed by atoms with Gasteiger partial charge in [0.2, 0.25) is 0 Å². The smallest absolute Gasteiger partial charge is 0.338 e. The Balaban J connectivity index is 1.48. The lowest BCUT2D eigenvalue weighted by atomic mass is 10.0. The van der Waals surface area contributed by atoms with E-state index in [9.17, 15) is 14.9 Å². The second kappa shape index (κ2) is 5.23. The van der Waals surface area contributed by atoms with Gasteiger partial charge < -0.3 is 14.2 Å². The van der Waals surface area contributed by atoms with E-state index in [1.54, 1.807) is 0 Å². The molecule has 8 heteroatoms. The zero-order valence-electron chi connectivity index (χ0n) is 14.2. The van der Waals surface area contributed by atoms with Gasteiger partial charge in [0.1, 0.15) is 23.6 Å². The van der Waals surface area contributed by atoms with Crippen molar-refractivity contribution >= 4 is 11.7 Å². The van der Waals surface area contributed by atoms with Crippen LogP contribution >= 0.6 is 0 Å². The minimum Gasteiger partial charge on any atom is -0.460 e. The molecule has 0 unspecified atom stereocenters. The molecule has 4 rings (SSSR count). The van der Waals surface area contributed by atoms with Gasteiger partial charge in [0.05, 0.1) is 23.7 Å². The number of hydrogen-bond acceptors (Lipinski definition) is 7. The number of ether oxygens (including phenoxy) is 3. The first-order valence-corrected chi connectivity index (χ1v) is 8.28. The highest BCUT2D eigenvalue weighted by Crippen LogP contribution is 2.55. The molecule has 0 bridgehead atoms. The third-order valence-corrected chi connectivity index (χ3v) is 5.56. The van der Waals surface area contributed by atoms with Crippen LogP contribution in [0.15, 0.2) is 24.3 Å². The molecule has 0 aliphatic carbocycles. The van der Waals surface area contributed by atoms with Crippen LogP contribution in [0.1, 0.15) is 37.0 Å². The summed E-state index contributed by atoms with van der Waals surface area (Å²) in [6.07, 6.45) is 1.75. The van der Waals surface area contributed by atoms with Gasteiger partial charge in [-0.2, -0.15) is 0 Å². The molecule has 1 aromatic rings. The summed E-state index contributed by atoms with van der Waals surface area (Å²) < 4.78 is 17.6. The molecular weight excluding hydrogens is 328 g/mol. The molecule has 0 saturated carbocycles. The van der Waals surface area contributed by atoms with Crippen LogP contribution in [0.2, 0.25) is 0 Å². The van der Waals surface area contributed by atoms with Crippen LogP contribution < -0.4 is 0 Å². The van der Waals surface area contributed by atoms with Crippen LogP contribution in [0, 0.1) is 10.1 Å². The lowest BCUT2D eigenvalue weighted by Crippen LogP contribution is -2.56. The highest BCUT2D eigenvalue weighted by atomic mass is 16.6. The van der Waals surface area contributed by atoms with Gasteiger partial charge in [-0.3, -0.25) is 10.1 Å². The Morgan fingerprint density at radius 1 is 1.20 bits per heavy atom. The summed E-state index contributed by atoms with van der Waals surface area (Å²) in [5.74, 6) is -0.509. The summed E-state index contributed by atoms with van der Waals surface area (Å²) in [5.41, 5.74) is -1.02. The van der Waals surface area contributed by atoms with E-state index in [1.165, 1.54) is 24.3 Å². The normalized spacial score (nSPS) is 36.4. The van der Waals surface area contributed by atoms with Crippen LogP contribution in [-0.4, -0.2) is 52.6 Å². The summed E-state index contributed by atoms with van der Waals surface area (Å²) in [6.45, 7) is 5.16. The van der Waals surface area contributed by atoms with E-state index < -0.39 is 16.4 Å². The molecule has 25 heavy (non-hydrogen) atoms. The highest BCUT2D eigenvalue weighted by Gasteiger charge is 2.69. The molecule has 3 saturated heterocycles. The van der Waals surface area contributed by atoms with Crippen LogP contribution in [0.3, 0.4) is 0 Å². The predicted octanol–water partition coefficient (Wildman–Crippen LogP) is 2.08. The monoisotopic (exact) mass is 348 g/mol. The lowest BCUT2D eigenvalue weighted by molar-refractivity contribution is -0.384. The maximum atomic E-state index is 12.3. The molecule has 3 fully saturated rings. The maximum absolute atomic E-state index is 12.3. The number of esters is 1. The third-order valence-electron chi connectivity index (χ3n) is 5.56. The van der Waals surface area contributed by atoms with Gasteiger partial charge in [0, 0.05) is 12.1 Å². The molecule has 3 aliphatic rings. The topological polar surface area (TPSA) is 91.1 Å². The molecule has 0 amide bonds. The maximum Gasteiger partial charge on any atom is 0.338 e. The highest BCUT2D eigenvalue weighted by molar-refractivity contribution is 5.89. The average Bonchev–Trinajstić information content (AvgIpc) is 3.17. The van der Waals surface area contributed by atoms with E-state index in [1.807, 2.05) is 13.8 Å². The zero-order valence-corrected chi connectivity index (χ0v) is 14.2. The van der Waals surface area contributed by atoms with Crippen LogP contribution in [0.5, 0.6) is 0 Å². The van der Waals surface area contributed by atoms with Gasteiger partial charge in [-0.05, 0) is 38.8 Å². The fraction of sp³-hybridized carbons (Fsp3) is 0.588. The Bertz CT molecular complexity index is 713. The van der Waals surface area contributed by atoms with Gasteiger partial charge >= 0.3 is 5.97 Å². The van der Waals surface area contributed by atoms with Crippen molar-refractivity contribution in [1.29, 1.82) is 0 Å². The van der Waals surface area contributed by atoms with Gasteiger partial charge in [0.25, 0.3) is 5.69 Å². The Kier molecular flexibility index (Phi) is 3.44. The molecule has 0 aromatic heterocycles. The average molecular weight is 348 g/mol. The minimum atomic E-state index is -0.509. The number of non-ortho nitro benzene ring substituents is 1. The van der Waals surface area contributed by atoms with Gasteiger partial charge in [-0.1, -0.05) is 0 Å². The zero-order chi connectivity index (χ0) is 17.9. The van der Waals surface area contributed by atoms with E-state index in [0.29, 0.717) is 13.2 Å². The lowest BCUT2D eigenvalue weighted by Gasteiger charge is -2.37. The third kappa shape index (κ3) is 2.36. The quantitative estimate of drug-likeness (QED) is 0.467. The van der Waals surface area contributed by atoms with Crippen molar-refractivity contribution < 1.29 is 23.9 Å². The molecule has 3 aliphatic heterocycles. The number of nitro groups is 1. The molecule has 0 spiro atoms. The number of nitrogens with zero attached hydrogens (tertiary/aromatic N) is 2. The van der Waals surface area contributed by atoms with Crippen molar-refractivity contribution in [3.63, 3.8) is 0 Å². The summed E-state index contributed by atoms with van der Waals surface area (Å²) in [4.78, 5) is 24.7. The molecule has 2 atom stereocenters. The summed E-state index contributed by atoms with van der Waals surface area (Å²) in [5, 5.41) is 10.7. The Labute approximate surface area is 144 Å². The number of carbonyl (C=O) groups excluding carboxylic acids is 1. The van der Waals surface area contributed by atoms with E-state index >= 15 is 0 Å². The minimum absolute atomic E-state index is 0.0628. The largest absolute Gasteiger partial charge is 0.460 e. The number of hydrogen-bond donors (Lipinski definition) is 0. The first-order valence-electron chi connectivity index (χ1n) is 8.28. The van der Waals surface area contributed by atoms with Gasteiger partial charge in [0.15, 0.2) is 0 Å². The fourth-order valence-corrected chi connectivity index (χ4v) is 4.37. The van der Waals surface area contributed by atoms with Crippen LogP contribution in [-0.2, 0) is 14.2 Å². The molecule has 0 N–H and O–H groups in total. The number of nitro benzene ring substituents is 1. The van der Waals surface area contributed by atoms with Crippen LogP contribution in [0.4, 0.5) is 5.69 Å². The van der Waals surface area contributed by atoms with Crippen molar-refractivity contribution in [2.24, 2.45) is 0 Å². The Morgan fingerprint density at radius 3 is 2.28 bits per heavy atom. The summed E-state index contributed by atoms with van der Waals surface area (Å²) >= 11 is 0. The van der Waals surface area contributed by atoms with Crippen LogP contribution in [0.25, 0.3) is 0 Å². The number of benzene rings is 1. The predicted molar refractivity (Wildman–Crippen MR) is 85.9 cm³/mol. The summed E-state index contributed by atoms with van der Waals surface area (Å²) in [6, 6.07) is 5.39. The second-order valence-electron chi connectivity index (χ2n) is 7.37. The van der Waals surface area contributed by atoms with E-state index in [0.717, 1.165) is 12.8 Å². The van der Waals surface area contributed by atoms with Gasteiger partial charge in [-0.25, -0.2) is 9.69 Å². The Hall–Kier alpha value is -2.03. The van der Waals surface area contributed by atoms with Gasteiger partial charge in [-0.15, -0.1) is 0 Å². The molecule has 8 nitrogen and oxygen atoms in total. The molecule has 134 valence electrons. The first kappa shape index (κ1) is 16.4.